The van der Waals surface area contributed by atoms with E-state index in [1.165, 1.54) is 41.9 Å². The third-order valence-corrected chi connectivity index (χ3v) is 3.55. The van der Waals surface area contributed by atoms with Crippen molar-refractivity contribution in [2.45, 2.75) is 39.0 Å². The van der Waals surface area contributed by atoms with Crippen LogP contribution in [0.4, 0.5) is 0 Å². The molecule has 1 aromatic heterocycles. The fourth-order valence-corrected chi connectivity index (χ4v) is 2.75. The molecule has 0 bridgehead atoms. The summed E-state index contributed by atoms with van der Waals surface area (Å²) in [5.41, 5.74) is 1.66. The van der Waals surface area contributed by atoms with Crippen LogP contribution in [0, 0.1) is 6.92 Å². The Labute approximate surface area is 84.3 Å². The Bertz CT molecular complexity index is 299. The molecule has 1 aromatic rings. The lowest BCUT2D eigenvalue weighted by Gasteiger charge is -2.12. The van der Waals surface area contributed by atoms with Crippen LogP contribution in [0.3, 0.4) is 0 Å². The molecular formula is C12H16S. The molecular weight excluding hydrogens is 176 g/mol. The number of rotatable bonds is 1. The maximum Gasteiger partial charge on any atom is 0.0272 e. The van der Waals surface area contributed by atoms with Crippen LogP contribution in [0.1, 0.15) is 41.9 Å². The van der Waals surface area contributed by atoms with E-state index in [1.807, 2.05) is 11.3 Å². The van der Waals surface area contributed by atoms with Gasteiger partial charge in [0.05, 0.1) is 0 Å². The van der Waals surface area contributed by atoms with Gasteiger partial charge in [0.25, 0.3) is 0 Å². The summed E-state index contributed by atoms with van der Waals surface area (Å²) in [6, 6.07) is 4.45. The Kier molecular flexibility index (Phi) is 2.84. The first-order chi connectivity index (χ1) is 6.34. The largest absolute Gasteiger partial charge is 0.141 e. The second-order valence-electron chi connectivity index (χ2n) is 3.81. The molecule has 0 unspecified atom stereocenters. The van der Waals surface area contributed by atoms with Gasteiger partial charge in [0, 0.05) is 9.75 Å². The minimum atomic E-state index is 1.33. The standard InChI is InChI=1S/C12H16S/c1-10-7-8-12(13-10)9-11-5-3-2-4-6-11/h7-9H,2-6H2,1H3. The van der Waals surface area contributed by atoms with Crippen LogP contribution in [-0.2, 0) is 0 Å². The van der Waals surface area contributed by atoms with Crippen LogP contribution in [0.5, 0.6) is 0 Å². The van der Waals surface area contributed by atoms with Crippen LogP contribution in [-0.4, -0.2) is 0 Å². The summed E-state index contributed by atoms with van der Waals surface area (Å²) in [4.78, 5) is 2.86. The minimum absolute atomic E-state index is 1.33. The van der Waals surface area contributed by atoms with Crippen molar-refractivity contribution >= 4 is 17.4 Å². The van der Waals surface area contributed by atoms with E-state index in [-0.39, 0.29) is 0 Å². The maximum atomic E-state index is 2.40. The van der Waals surface area contributed by atoms with Gasteiger partial charge in [-0.3, -0.25) is 0 Å². The smallest absolute Gasteiger partial charge is 0.0272 e. The molecule has 1 saturated carbocycles. The van der Waals surface area contributed by atoms with Gasteiger partial charge in [-0.2, -0.15) is 0 Å². The van der Waals surface area contributed by atoms with Crippen molar-refractivity contribution in [3.8, 4) is 0 Å². The average Bonchev–Trinajstić information content (AvgIpc) is 2.53. The Balaban J connectivity index is 2.09. The van der Waals surface area contributed by atoms with E-state index in [2.05, 4.69) is 25.1 Å². The molecule has 1 aliphatic rings. The Morgan fingerprint density at radius 2 is 1.92 bits per heavy atom. The van der Waals surface area contributed by atoms with Crippen molar-refractivity contribution in [1.29, 1.82) is 0 Å². The molecule has 70 valence electrons. The normalized spacial score (nSPS) is 17.5. The summed E-state index contributed by atoms with van der Waals surface area (Å²) in [5.74, 6) is 0. The van der Waals surface area contributed by atoms with Gasteiger partial charge in [0.15, 0.2) is 0 Å². The molecule has 1 heteroatoms. The summed E-state index contributed by atoms with van der Waals surface area (Å²) in [6.45, 7) is 2.17. The molecule has 1 fully saturated rings. The number of aryl methyl sites for hydroxylation is 1. The molecule has 1 heterocycles. The fraction of sp³-hybridized carbons (Fsp3) is 0.500. The Morgan fingerprint density at radius 3 is 2.54 bits per heavy atom. The van der Waals surface area contributed by atoms with E-state index in [0.717, 1.165) is 0 Å². The molecule has 0 saturated heterocycles. The van der Waals surface area contributed by atoms with E-state index < -0.39 is 0 Å². The zero-order valence-corrected chi connectivity index (χ0v) is 8.99. The van der Waals surface area contributed by atoms with Crippen molar-refractivity contribution in [3.63, 3.8) is 0 Å². The lowest BCUT2D eigenvalue weighted by Crippen LogP contribution is -1.92. The minimum Gasteiger partial charge on any atom is -0.141 e. The summed E-state index contributed by atoms with van der Waals surface area (Å²) < 4.78 is 0. The molecule has 0 aliphatic heterocycles. The van der Waals surface area contributed by atoms with Gasteiger partial charge < -0.3 is 0 Å². The first-order valence-electron chi connectivity index (χ1n) is 5.10. The molecule has 0 nitrogen and oxygen atoms in total. The van der Waals surface area contributed by atoms with Crippen LogP contribution in [0.2, 0.25) is 0 Å². The third-order valence-electron chi connectivity index (χ3n) is 2.60. The molecule has 13 heavy (non-hydrogen) atoms. The summed E-state index contributed by atoms with van der Waals surface area (Å²) >= 11 is 1.90. The molecule has 2 rings (SSSR count). The van der Waals surface area contributed by atoms with E-state index >= 15 is 0 Å². The van der Waals surface area contributed by atoms with Gasteiger partial charge in [0.1, 0.15) is 0 Å². The van der Waals surface area contributed by atoms with Crippen molar-refractivity contribution in [3.05, 3.63) is 27.5 Å². The summed E-state index contributed by atoms with van der Waals surface area (Å²) in [7, 11) is 0. The van der Waals surface area contributed by atoms with Crippen LogP contribution < -0.4 is 0 Å². The first-order valence-corrected chi connectivity index (χ1v) is 5.92. The highest BCUT2D eigenvalue weighted by Gasteiger charge is 2.05. The fourth-order valence-electron chi connectivity index (χ4n) is 1.88. The summed E-state index contributed by atoms with van der Waals surface area (Å²) in [6.07, 6.45) is 9.29. The van der Waals surface area contributed by atoms with Crippen molar-refractivity contribution < 1.29 is 0 Å². The molecule has 0 spiro atoms. The van der Waals surface area contributed by atoms with Gasteiger partial charge in [-0.1, -0.05) is 12.0 Å². The maximum absolute atomic E-state index is 2.40. The van der Waals surface area contributed by atoms with E-state index in [4.69, 9.17) is 0 Å². The molecule has 1 aliphatic carbocycles. The number of allylic oxidation sites excluding steroid dienone is 1. The molecule has 0 aromatic carbocycles. The molecule has 0 N–H and O–H groups in total. The number of hydrogen-bond donors (Lipinski definition) is 0. The van der Waals surface area contributed by atoms with E-state index in [0.29, 0.717) is 0 Å². The van der Waals surface area contributed by atoms with Crippen molar-refractivity contribution in [1.82, 2.24) is 0 Å². The van der Waals surface area contributed by atoms with Crippen LogP contribution in [0.15, 0.2) is 17.7 Å². The quantitative estimate of drug-likeness (QED) is 0.618. The monoisotopic (exact) mass is 192 g/mol. The second-order valence-corrected chi connectivity index (χ2v) is 5.13. The molecule has 0 radical (unpaired) electrons. The molecule has 0 atom stereocenters. The number of thiophene rings is 1. The third kappa shape index (κ3) is 2.44. The predicted octanol–water partition coefficient (Wildman–Crippen LogP) is 4.40. The Hall–Kier alpha value is -0.560. The Morgan fingerprint density at radius 1 is 1.15 bits per heavy atom. The SMILES string of the molecule is Cc1ccc(C=C2CCCCC2)s1. The lowest BCUT2D eigenvalue weighted by molar-refractivity contribution is 0.603. The number of hydrogen-bond acceptors (Lipinski definition) is 1. The zero-order valence-electron chi connectivity index (χ0n) is 8.18. The zero-order chi connectivity index (χ0) is 9.10. The highest BCUT2D eigenvalue weighted by molar-refractivity contribution is 7.12. The highest BCUT2D eigenvalue weighted by Crippen LogP contribution is 2.27. The summed E-state index contributed by atoms with van der Waals surface area (Å²) in [5, 5.41) is 0. The second kappa shape index (κ2) is 4.10. The van der Waals surface area contributed by atoms with Gasteiger partial charge in [-0.25, -0.2) is 0 Å². The van der Waals surface area contributed by atoms with Gasteiger partial charge in [-0.15, -0.1) is 11.3 Å². The van der Waals surface area contributed by atoms with Crippen molar-refractivity contribution in [2.75, 3.05) is 0 Å². The molecule has 0 amide bonds. The van der Waals surface area contributed by atoms with E-state index in [1.54, 1.807) is 5.57 Å². The van der Waals surface area contributed by atoms with Gasteiger partial charge in [-0.05, 0) is 50.8 Å². The predicted molar refractivity (Wildman–Crippen MR) is 60.1 cm³/mol. The van der Waals surface area contributed by atoms with Gasteiger partial charge in [0.2, 0.25) is 0 Å². The lowest BCUT2D eigenvalue weighted by atomic mass is 9.94. The van der Waals surface area contributed by atoms with Crippen molar-refractivity contribution in [2.24, 2.45) is 0 Å². The van der Waals surface area contributed by atoms with Gasteiger partial charge >= 0.3 is 0 Å². The van der Waals surface area contributed by atoms with Crippen LogP contribution in [0.25, 0.3) is 6.08 Å². The first kappa shape index (κ1) is 9.01. The highest BCUT2D eigenvalue weighted by atomic mass is 32.1. The van der Waals surface area contributed by atoms with E-state index in [9.17, 15) is 0 Å². The van der Waals surface area contributed by atoms with Crippen LogP contribution >= 0.6 is 11.3 Å². The average molecular weight is 192 g/mol. The topological polar surface area (TPSA) is 0 Å².